The molecule has 0 spiro atoms. The van der Waals surface area contributed by atoms with Crippen LogP contribution in [0.25, 0.3) is 10.9 Å². The van der Waals surface area contributed by atoms with Crippen LogP contribution in [-0.4, -0.2) is 58.6 Å². The van der Waals surface area contributed by atoms with Crippen molar-refractivity contribution in [3.63, 3.8) is 0 Å². The molecule has 1 aliphatic heterocycles. The number of fused-ring (bicyclic) bond motifs is 1. The Kier molecular flexibility index (Phi) is 8.16. The van der Waals surface area contributed by atoms with Gasteiger partial charge in [0.05, 0.1) is 28.2 Å². The second-order valence-electron chi connectivity index (χ2n) is 8.01. The van der Waals surface area contributed by atoms with Gasteiger partial charge in [0, 0.05) is 19.1 Å². The Hall–Kier alpha value is -1.87. The Bertz CT molecular complexity index is 1080. The second-order valence-corrected chi connectivity index (χ2v) is 11.2. The second kappa shape index (κ2) is 10.6. The van der Waals surface area contributed by atoms with E-state index in [9.17, 15) is 18.0 Å². The number of nitrogens with zero attached hydrogens (tertiary/aromatic N) is 3. The molecule has 0 N–H and O–H groups in total. The number of unbranched alkanes of at least 4 members (excludes halogenated alkanes) is 2. The van der Waals surface area contributed by atoms with E-state index in [1.165, 1.54) is 11.8 Å². The van der Waals surface area contributed by atoms with Gasteiger partial charge in [-0.2, -0.15) is 0 Å². The van der Waals surface area contributed by atoms with Crippen LogP contribution in [0.5, 0.6) is 0 Å². The smallest absolute Gasteiger partial charge is 0.262 e. The summed E-state index contributed by atoms with van der Waals surface area (Å²) in [6.07, 6.45) is 4.06. The standard InChI is InChI=1S/C22H31N3O4S2/c1-3-5-12-24(17-11-14-31(28,29)16-17)20(26)15-30-22-23-19-10-8-7-9-18(19)21(27)25(22)13-6-4-2/h7-10,17H,3-6,11-16H2,1-2H3/t17-/m1/s1. The monoisotopic (exact) mass is 465 g/mol. The summed E-state index contributed by atoms with van der Waals surface area (Å²) < 4.78 is 25.5. The fraction of sp³-hybridized carbons (Fsp3) is 0.591. The molecule has 170 valence electrons. The quantitative estimate of drug-likeness (QED) is 0.396. The van der Waals surface area contributed by atoms with Crippen molar-refractivity contribution in [1.82, 2.24) is 14.5 Å². The minimum absolute atomic E-state index is 0.0442. The number of thioether (sulfide) groups is 1. The molecular formula is C22H31N3O4S2. The van der Waals surface area contributed by atoms with Crippen LogP contribution in [0.2, 0.25) is 0 Å². The van der Waals surface area contributed by atoms with Gasteiger partial charge < -0.3 is 4.90 Å². The van der Waals surface area contributed by atoms with Crippen LogP contribution in [0.4, 0.5) is 0 Å². The number of amides is 1. The number of rotatable bonds is 10. The fourth-order valence-electron chi connectivity index (χ4n) is 3.84. The molecule has 9 heteroatoms. The van der Waals surface area contributed by atoms with Crippen molar-refractivity contribution in [1.29, 1.82) is 0 Å². The number of benzene rings is 1. The van der Waals surface area contributed by atoms with E-state index >= 15 is 0 Å². The number of hydrogen-bond donors (Lipinski definition) is 0. The zero-order valence-corrected chi connectivity index (χ0v) is 19.9. The largest absolute Gasteiger partial charge is 0.338 e. The zero-order valence-electron chi connectivity index (χ0n) is 18.2. The van der Waals surface area contributed by atoms with Gasteiger partial charge in [-0.05, 0) is 31.4 Å². The first-order chi connectivity index (χ1) is 14.9. The molecule has 1 aliphatic rings. The zero-order chi connectivity index (χ0) is 22.4. The number of hydrogen-bond acceptors (Lipinski definition) is 6. The molecule has 0 unspecified atom stereocenters. The Labute approximate surface area is 188 Å². The Morgan fingerprint density at radius 2 is 1.97 bits per heavy atom. The van der Waals surface area contributed by atoms with Gasteiger partial charge in [0.25, 0.3) is 5.56 Å². The Morgan fingerprint density at radius 1 is 1.23 bits per heavy atom. The lowest BCUT2D eigenvalue weighted by molar-refractivity contribution is -0.130. The van der Waals surface area contributed by atoms with Gasteiger partial charge in [-0.3, -0.25) is 14.2 Å². The maximum Gasteiger partial charge on any atom is 0.262 e. The molecular weight excluding hydrogens is 434 g/mol. The lowest BCUT2D eigenvalue weighted by Gasteiger charge is -2.28. The minimum Gasteiger partial charge on any atom is -0.338 e. The number of carbonyl (C=O) groups is 1. The number of carbonyl (C=O) groups excluding carboxylic acids is 1. The van der Waals surface area contributed by atoms with Crippen molar-refractivity contribution in [3.8, 4) is 0 Å². The van der Waals surface area contributed by atoms with Crippen molar-refractivity contribution < 1.29 is 13.2 Å². The Balaban J connectivity index is 1.82. The molecule has 7 nitrogen and oxygen atoms in total. The van der Waals surface area contributed by atoms with Crippen molar-refractivity contribution in [3.05, 3.63) is 34.6 Å². The van der Waals surface area contributed by atoms with Gasteiger partial charge in [0.1, 0.15) is 0 Å². The molecule has 0 saturated carbocycles. The maximum atomic E-state index is 13.1. The molecule has 0 radical (unpaired) electrons. The maximum absolute atomic E-state index is 13.1. The van der Waals surface area contributed by atoms with E-state index in [0.29, 0.717) is 35.6 Å². The lowest BCUT2D eigenvalue weighted by Crippen LogP contribution is -2.42. The van der Waals surface area contributed by atoms with Crippen molar-refractivity contribution >= 4 is 38.4 Å². The third-order valence-electron chi connectivity index (χ3n) is 5.61. The van der Waals surface area contributed by atoms with Gasteiger partial charge in [0.2, 0.25) is 5.91 Å². The average Bonchev–Trinajstić information content (AvgIpc) is 3.11. The highest BCUT2D eigenvalue weighted by atomic mass is 32.2. The minimum atomic E-state index is -3.07. The van der Waals surface area contributed by atoms with Crippen LogP contribution in [0, 0.1) is 0 Å². The lowest BCUT2D eigenvalue weighted by atomic mass is 10.2. The van der Waals surface area contributed by atoms with Crippen LogP contribution >= 0.6 is 11.8 Å². The topological polar surface area (TPSA) is 89.3 Å². The molecule has 2 heterocycles. The van der Waals surface area contributed by atoms with Gasteiger partial charge >= 0.3 is 0 Å². The van der Waals surface area contributed by atoms with Crippen molar-refractivity contribution in [2.24, 2.45) is 0 Å². The first kappa shape index (κ1) is 23.8. The molecule has 1 amide bonds. The van der Waals surface area contributed by atoms with Gasteiger partial charge in [-0.15, -0.1) is 0 Å². The first-order valence-corrected chi connectivity index (χ1v) is 13.8. The Morgan fingerprint density at radius 3 is 2.65 bits per heavy atom. The normalized spacial score (nSPS) is 17.8. The molecule has 31 heavy (non-hydrogen) atoms. The van der Waals surface area contributed by atoms with E-state index in [2.05, 4.69) is 11.9 Å². The van der Waals surface area contributed by atoms with Gasteiger partial charge in [0.15, 0.2) is 15.0 Å². The molecule has 1 atom stereocenters. The van der Waals surface area contributed by atoms with Crippen LogP contribution in [-0.2, 0) is 21.2 Å². The summed E-state index contributed by atoms with van der Waals surface area (Å²) in [5.41, 5.74) is 0.540. The molecule has 0 bridgehead atoms. The summed E-state index contributed by atoms with van der Waals surface area (Å²) in [5.74, 6) is 0.230. The summed E-state index contributed by atoms with van der Waals surface area (Å²) >= 11 is 1.27. The van der Waals surface area contributed by atoms with E-state index in [1.54, 1.807) is 15.5 Å². The third kappa shape index (κ3) is 5.88. The van der Waals surface area contributed by atoms with Crippen molar-refractivity contribution in [2.45, 2.75) is 63.7 Å². The average molecular weight is 466 g/mol. The number of para-hydroxylation sites is 1. The van der Waals surface area contributed by atoms with Crippen LogP contribution in [0.1, 0.15) is 46.0 Å². The summed E-state index contributed by atoms with van der Waals surface area (Å²) in [5, 5.41) is 1.12. The molecule has 1 aromatic heterocycles. The van der Waals surface area contributed by atoms with Gasteiger partial charge in [-0.1, -0.05) is 50.6 Å². The SMILES string of the molecule is CCCCN(C(=O)CSc1nc2ccccc2c(=O)n1CCCC)[C@@H]1CCS(=O)(=O)C1. The van der Waals surface area contributed by atoms with Gasteiger partial charge in [-0.25, -0.2) is 13.4 Å². The summed E-state index contributed by atoms with van der Waals surface area (Å²) in [6, 6.07) is 7.01. The van der Waals surface area contributed by atoms with E-state index < -0.39 is 9.84 Å². The molecule has 2 aromatic rings. The van der Waals surface area contributed by atoms with E-state index in [4.69, 9.17) is 0 Å². The highest BCUT2D eigenvalue weighted by Crippen LogP contribution is 2.23. The highest BCUT2D eigenvalue weighted by molar-refractivity contribution is 7.99. The molecule has 0 aliphatic carbocycles. The predicted octanol–water partition coefficient (Wildman–Crippen LogP) is 3.10. The summed E-state index contributed by atoms with van der Waals surface area (Å²) in [7, 11) is -3.07. The van der Waals surface area contributed by atoms with Crippen LogP contribution in [0.3, 0.4) is 0 Å². The fourth-order valence-corrected chi connectivity index (χ4v) is 6.48. The first-order valence-electron chi connectivity index (χ1n) is 11.0. The number of aromatic nitrogens is 2. The predicted molar refractivity (Wildman–Crippen MR) is 125 cm³/mol. The third-order valence-corrected chi connectivity index (χ3v) is 8.32. The summed E-state index contributed by atoms with van der Waals surface area (Å²) in [6.45, 7) is 5.24. The van der Waals surface area contributed by atoms with E-state index in [-0.39, 0.29) is 34.8 Å². The molecule has 3 rings (SSSR count). The van der Waals surface area contributed by atoms with E-state index in [0.717, 1.165) is 25.7 Å². The van der Waals surface area contributed by atoms with Crippen LogP contribution in [0.15, 0.2) is 34.2 Å². The van der Waals surface area contributed by atoms with Crippen molar-refractivity contribution in [2.75, 3.05) is 23.8 Å². The molecule has 1 saturated heterocycles. The highest BCUT2D eigenvalue weighted by Gasteiger charge is 2.34. The molecule has 1 aromatic carbocycles. The van der Waals surface area contributed by atoms with E-state index in [1.807, 2.05) is 25.1 Å². The number of sulfone groups is 1. The summed E-state index contributed by atoms with van der Waals surface area (Å²) in [4.78, 5) is 32.5. The molecule has 1 fully saturated rings. The van der Waals surface area contributed by atoms with Crippen LogP contribution < -0.4 is 5.56 Å².